The van der Waals surface area contributed by atoms with Gasteiger partial charge < -0.3 is 10.1 Å². The van der Waals surface area contributed by atoms with E-state index in [1.807, 2.05) is 36.4 Å². The summed E-state index contributed by atoms with van der Waals surface area (Å²) in [5.74, 6) is 1.51. The van der Waals surface area contributed by atoms with Gasteiger partial charge in [0.05, 0.1) is 0 Å². The van der Waals surface area contributed by atoms with Crippen LogP contribution < -0.4 is 10.1 Å². The molecule has 0 saturated heterocycles. The number of fused-ring (bicyclic) bond motifs is 3. The largest absolute Gasteiger partial charge is 0.448 e. The topological polar surface area (TPSA) is 59.9 Å². The predicted octanol–water partition coefficient (Wildman–Crippen LogP) is 5.73. The van der Waals surface area contributed by atoms with Gasteiger partial charge in [-0.1, -0.05) is 55.8 Å². The van der Waals surface area contributed by atoms with Gasteiger partial charge in [-0.2, -0.15) is 4.98 Å². The summed E-state index contributed by atoms with van der Waals surface area (Å²) in [6.45, 7) is 2.20. The quantitative estimate of drug-likeness (QED) is 0.397. The van der Waals surface area contributed by atoms with E-state index >= 15 is 0 Å². The van der Waals surface area contributed by atoms with E-state index in [4.69, 9.17) is 4.74 Å². The van der Waals surface area contributed by atoms with Crippen LogP contribution in [-0.2, 0) is 0 Å². The van der Waals surface area contributed by atoms with Crippen LogP contribution in [0.1, 0.15) is 31.1 Å². The average molecular weight is 411 g/mol. The van der Waals surface area contributed by atoms with Gasteiger partial charge in [0.1, 0.15) is 0 Å². The van der Waals surface area contributed by atoms with E-state index in [1.54, 1.807) is 23.1 Å². The summed E-state index contributed by atoms with van der Waals surface area (Å²) in [5, 5.41) is 14.9. The lowest BCUT2D eigenvalue weighted by Crippen LogP contribution is -2.23. The van der Waals surface area contributed by atoms with Crippen molar-refractivity contribution in [2.45, 2.75) is 37.6 Å². The Balaban J connectivity index is 1.61. The fourth-order valence-electron chi connectivity index (χ4n) is 2.90. The molecule has 4 rings (SSSR count). The molecule has 0 unspecified atom stereocenters. The number of unbranched alkanes of at least 4 members (excludes halogenated alkanes) is 2. The molecule has 1 aliphatic rings. The molecule has 0 amide bonds. The van der Waals surface area contributed by atoms with Gasteiger partial charge in [-0.05, 0) is 36.1 Å². The van der Waals surface area contributed by atoms with E-state index in [9.17, 15) is 0 Å². The lowest BCUT2D eigenvalue weighted by atomic mass is 10.1. The minimum atomic E-state index is -0.334. The Morgan fingerprint density at radius 1 is 1.18 bits per heavy atom. The van der Waals surface area contributed by atoms with Crippen LogP contribution in [-0.4, -0.2) is 27.2 Å². The van der Waals surface area contributed by atoms with Crippen LogP contribution in [0.25, 0.3) is 17.3 Å². The summed E-state index contributed by atoms with van der Waals surface area (Å²) in [4.78, 5) is 5.84. The van der Waals surface area contributed by atoms with Crippen molar-refractivity contribution in [3.05, 3.63) is 52.7 Å². The molecule has 1 aromatic carbocycles. The Morgan fingerprint density at radius 3 is 2.96 bits per heavy atom. The number of thioether (sulfide) groups is 1. The molecule has 3 aromatic rings. The fraction of sp³-hybridized carbons (Fsp3) is 0.286. The Hall–Kier alpha value is -2.38. The Bertz CT molecular complexity index is 943. The molecule has 3 heterocycles. The SMILES string of the molecule is CCCCCSc1nnc2c(n1)O[C@H](/C=C/c1cccs1)Nc1ccccc1-2. The number of nitrogens with one attached hydrogen (secondary N) is 1. The first kappa shape index (κ1) is 19.0. The van der Waals surface area contributed by atoms with Gasteiger partial charge in [0.25, 0.3) is 0 Å². The highest BCUT2D eigenvalue weighted by Gasteiger charge is 2.23. The van der Waals surface area contributed by atoms with Gasteiger partial charge in [-0.3, -0.25) is 0 Å². The number of ether oxygens (including phenoxy) is 1. The summed E-state index contributed by atoms with van der Waals surface area (Å²) in [6.07, 6.45) is 7.31. The fourth-order valence-corrected chi connectivity index (χ4v) is 4.31. The predicted molar refractivity (Wildman–Crippen MR) is 117 cm³/mol. The third-order valence-electron chi connectivity index (χ3n) is 4.31. The van der Waals surface area contributed by atoms with E-state index in [0.29, 0.717) is 16.7 Å². The minimum Gasteiger partial charge on any atom is -0.448 e. The number of aromatic nitrogens is 3. The number of hydrogen-bond donors (Lipinski definition) is 1. The molecule has 0 saturated carbocycles. The number of hydrogen-bond acceptors (Lipinski definition) is 7. The Labute approximate surface area is 173 Å². The summed E-state index contributed by atoms with van der Waals surface area (Å²) >= 11 is 3.32. The second-order valence-corrected chi connectivity index (χ2v) is 8.45. The summed E-state index contributed by atoms with van der Waals surface area (Å²) in [7, 11) is 0. The average Bonchev–Trinajstić information content (AvgIpc) is 3.18. The van der Waals surface area contributed by atoms with Crippen molar-refractivity contribution < 1.29 is 4.74 Å². The number of nitrogens with zero attached hydrogens (tertiary/aromatic N) is 3. The molecule has 7 heteroatoms. The van der Waals surface area contributed by atoms with Crippen molar-refractivity contribution in [1.29, 1.82) is 0 Å². The zero-order valence-electron chi connectivity index (χ0n) is 15.7. The van der Waals surface area contributed by atoms with E-state index in [2.05, 4.69) is 44.9 Å². The molecule has 144 valence electrons. The van der Waals surface area contributed by atoms with E-state index < -0.39 is 0 Å². The molecule has 0 aliphatic carbocycles. The zero-order valence-corrected chi connectivity index (χ0v) is 17.3. The van der Waals surface area contributed by atoms with Crippen molar-refractivity contribution in [2.75, 3.05) is 11.1 Å². The third kappa shape index (κ3) is 4.54. The maximum atomic E-state index is 6.19. The molecular formula is C21H22N4OS2. The van der Waals surface area contributed by atoms with Crippen molar-refractivity contribution in [3.8, 4) is 17.1 Å². The molecule has 0 bridgehead atoms. The molecular weight excluding hydrogens is 388 g/mol. The first-order chi connectivity index (χ1) is 13.8. The van der Waals surface area contributed by atoms with E-state index in [1.165, 1.54) is 17.7 Å². The van der Waals surface area contributed by atoms with Gasteiger partial charge in [0.15, 0.2) is 11.9 Å². The monoisotopic (exact) mass is 410 g/mol. The highest BCUT2D eigenvalue weighted by atomic mass is 32.2. The molecule has 1 N–H and O–H groups in total. The number of rotatable bonds is 7. The molecule has 1 atom stereocenters. The zero-order chi connectivity index (χ0) is 19.2. The van der Waals surface area contributed by atoms with Crippen molar-refractivity contribution in [3.63, 3.8) is 0 Å². The Kier molecular flexibility index (Phi) is 6.24. The summed E-state index contributed by atoms with van der Waals surface area (Å²) in [5.41, 5.74) is 2.58. The molecule has 28 heavy (non-hydrogen) atoms. The number of para-hydroxylation sites is 1. The second kappa shape index (κ2) is 9.21. The maximum Gasteiger partial charge on any atom is 0.247 e. The lowest BCUT2D eigenvalue weighted by Gasteiger charge is -2.15. The van der Waals surface area contributed by atoms with Gasteiger partial charge in [-0.25, -0.2) is 0 Å². The summed E-state index contributed by atoms with van der Waals surface area (Å²) < 4.78 is 6.19. The van der Waals surface area contributed by atoms with Crippen molar-refractivity contribution in [2.24, 2.45) is 0 Å². The number of benzene rings is 1. The highest BCUT2D eigenvalue weighted by molar-refractivity contribution is 7.99. The standard InChI is InChI=1S/C21H22N4OS2/c1-2-3-6-13-28-21-23-20-19(24-25-21)16-9-4-5-10-17(16)22-18(26-20)12-11-15-8-7-14-27-15/h4-5,7-12,14,18,22H,2-3,6,13H2,1H3/b12-11+/t18-/m1/s1. The smallest absolute Gasteiger partial charge is 0.247 e. The minimum absolute atomic E-state index is 0.334. The summed E-state index contributed by atoms with van der Waals surface area (Å²) in [6, 6.07) is 12.1. The first-order valence-electron chi connectivity index (χ1n) is 9.45. The van der Waals surface area contributed by atoms with E-state index in [-0.39, 0.29) is 6.23 Å². The molecule has 0 radical (unpaired) electrons. The van der Waals surface area contributed by atoms with Crippen LogP contribution in [0.15, 0.2) is 53.0 Å². The van der Waals surface area contributed by atoms with Crippen LogP contribution in [0.3, 0.4) is 0 Å². The van der Waals surface area contributed by atoms with Gasteiger partial charge in [-0.15, -0.1) is 21.5 Å². The van der Waals surface area contributed by atoms with E-state index in [0.717, 1.165) is 23.4 Å². The first-order valence-corrected chi connectivity index (χ1v) is 11.3. The van der Waals surface area contributed by atoms with Crippen LogP contribution in [0.5, 0.6) is 5.88 Å². The lowest BCUT2D eigenvalue weighted by molar-refractivity contribution is 0.266. The van der Waals surface area contributed by atoms with Crippen LogP contribution in [0, 0.1) is 0 Å². The highest BCUT2D eigenvalue weighted by Crippen LogP contribution is 2.36. The van der Waals surface area contributed by atoms with Crippen LogP contribution >= 0.6 is 23.1 Å². The molecule has 1 aliphatic heterocycles. The van der Waals surface area contributed by atoms with Gasteiger partial charge >= 0.3 is 0 Å². The van der Waals surface area contributed by atoms with Crippen LogP contribution in [0.2, 0.25) is 0 Å². The third-order valence-corrected chi connectivity index (χ3v) is 6.07. The second-order valence-electron chi connectivity index (χ2n) is 6.41. The molecule has 0 fully saturated rings. The Morgan fingerprint density at radius 2 is 2.11 bits per heavy atom. The van der Waals surface area contributed by atoms with Crippen molar-refractivity contribution >= 4 is 34.9 Å². The van der Waals surface area contributed by atoms with Crippen molar-refractivity contribution in [1.82, 2.24) is 15.2 Å². The molecule has 2 aromatic heterocycles. The molecule has 0 spiro atoms. The molecule has 5 nitrogen and oxygen atoms in total. The van der Waals surface area contributed by atoms with Crippen LogP contribution in [0.4, 0.5) is 5.69 Å². The van der Waals surface area contributed by atoms with Gasteiger partial charge in [0, 0.05) is 21.9 Å². The normalized spacial score (nSPS) is 15.4. The maximum absolute atomic E-state index is 6.19. The number of anilines is 1. The number of thiophene rings is 1. The van der Waals surface area contributed by atoms with Gasteiger partial charge in [0.2, 0.25) is 11.0 Å².